The zero-order valence-electron chi connectivity index (χ0n) is 11.1. The Bertz CT molecular complexity index is 436. The number of nitrogens with zero attached hydrogens (tertiary/aromatic N) is 3. The molecule has 5 heteroatoms. The molecular formula is C14H20ClN3O. The monoisotopic (exact) mass is 281 g/mol. The summed E-state index contributed by atoms with van der Waals surface area (Å²) in [6, 6.07) is 0.463. The highest BCUT2D eigenvalue weighted by Gasteiger charge is 2.20. The summed E-state index contributed by atoms with van der Waals surface area (Å²) in [4.78, 5) is 10.4. The first-order chi connectivity index (χ1) is 9.36. The summed E-state index contributed by atoms with van der Waals surface area (Å²) in [5.41, 5.74) is 1.92. The summed E-state index contributed by atoms with van der Waals surface area (Å²) in [6.45, 7) is 0. The lowest BCUT2D eigenvalue weighted by molar-refractivity contribution is -0.104. The molecule has 0 bridgehead atoms. The van der Waals surface area contributed by atoms with Crippen molar-refractivity contribution in [2.24, 2.45) is 0 Å². The van der Waals surface area contributed by atoms with Crippen molar-refractivity contribution < 1.29 is 4.79 Å². The molecule has 4 nitrogen and oxygen atoms in total. The fraction of sp³-hybridized carbons (Fsp3) is 0.643. The first kappa shape index (κ1) is 14.3. The molecule has 0 amide bonds. The molecule has 0 aliphatic heterocycles. The minimum atomic E-state index is 0.463. The number of aldehydes is 1. The summed E-state index contributed by atoms with van der Waals surface area (Å²) < 4.78 is 2.07. The van der Waals surface area contributed by atoms with Crippen molar-refractivity contribution in [2.45, 2.75) is 51.0 Å². The molecule has 0 aromatic carbocycles. The van der Waals surface area contributed by atoms with Gasteiger partial charge in [-0.05, 0) is 37.8 Å². The minimum Gasteiger partial charge on any atom is -0.299 e. The van der Waals surface area contributed by atoms with E-state index in [1.807, 2.05) is 0 Å². The van der Waals surface area contributed by atoms with Crippen LogP contribution in [0.2, 0.25) is 0 Å². The van der Waals surface area contributed by atoms with Gasteiger partial charge in [-0.25, -0.2) is 4.68 Å². The molecule has 0 N–H and O–H groups in total. The van der Waals surface area contributed by atoms with Crippen molar-refractivity contribution in [1.29, 1.82) is 0 Å². The third-order valence-corrected chi connectivity index (χ3v) is 3.89. The Morgan fingerprint density at radius 2 is 2.11 bits per heavy atom. The Hall–Kier alpha value is -1.16. The average molecular weight is 282 g/mol. The lowest BCUT2D eigenvalue weighted by atomic mass is 9.95. The Balaban J connectivity index is 2.22. The van der Waals surface area contributed by atoms with E-state index in [0.717, 1.165) is 30.5 Å². The van der Waals surface area contributed by atoms with E-state index in [9.17, 15) is 4.79 Å². The summed E-state index contributed by atoms with van der Waals surface area (Å²) in [5.74, 6) is 0.632. The van der Waals surface area contributed by atoms with Crippen LogP contribution in [0.15, 0.2) is 6.08 Å². The number of allylic oxidation sites excluding steroid dienone is 1. The first-order valence-electron chi connectivity index (χ1n) is 6.98. The van der Waals surface area contributed by atoms with Gasteiger partial charge in [0.1, 0.15) is 12.0 Å². The number of halogens is 1. The molecule has 1 fully saturated rings. The van der Waals surface area contributed by atoms with Crippen LogP contribution in [0, 0.1) is 0 Å². The van der Waals surface area contributed by atoms with Gasteiger partial charge in [0.05, 0.1) is 11.7 Å². The van der Waals surface area contributed by atoms with Crippen LogP contribution < -0.4 is 0 Å². The van der Waals surface area contributed by atoms with Crippen molar-refractivity contribution in [3.05, 3.63) is 17.5 Å². The summed E-state index contributed by atoms with van der Waals surface area (Å²) in [7, 11) is 0. The Kier molecular flexibility index (Phi) is 5.58. The van der Waals surface area contributed by atoms with Crippen LogP contribution in [0.3, 0.4) is 0 Å². The predicted molar refractivity (Wildman–Crippen MR) is 76.3 cm³/mol. The van der Waals surface area contributed by atoms with Crippen molar-refractivity contribution in [2.75, 3.05) is 5.88 Å². The van der Waals surface area contributed by atoms with E-state index in [0.29, 0.717) is 11.9 Å². The summed E-state index contributed by atoms with van der Waals surface area (Å²) in [5, 5.41) is 8.51. The van der Waals surface area contributed by atoms with Crippen molar-refractivity contribution in [3.8, 4) is 0 Å². The Morgan fingerprint density at radius 1 is 1.32 bits per heavy atom. The molecule has 0 spiro atoms. The molecule has 1 aliphatic rings. The normalized spacial score (nSPS) is 17.1. The highest BCUT2D eigenvalue weighted by atomic mass is 35.5. The second-order valence-electron chi connectivity index (χ2n) is 4.95. The molecule has 19 heavy (non-hydrogen) atoms. The van der Waals surface area contributed by atoms with Gasteiger partial charge in [-0.1, -0.05) is 24.5 Å². The molecule has 0 saturated heterocycles. The van der Waals surface area contributed by atoms with E-state index in [4.69, 9.17) is 11.6 Å². The number of alkyl halides is 1. The second kappa shape index (κ2) is 7.43. The van der Waals surface area contributed by atoms with Crippen LogP contribution in [0.4, 0.5) is 0 Å². The topological polar surface area (TPSA) is 47.8 Å². The molecule has 0 atom stereocenters. The van der Waals surface area contributed by atoms with E-state index < -0.39 is 0 Å². The first-order valence-corrected chi connectivity index (χ1v) is 7.52. The predicted octanol–water partition coefficient (Wildman–Crippen LogP) is 3.17. The van der Waals surface area contributed by atoms with Gasteiger partial charge in [0.25, 0.3) is 0 Å². The van der Waals surface area contributed by atoms with E-state index >= 15 is 0 Å². The SMILES string of the molecule is O=C/C=C/c1nnn(C2CCCCC2)c1CCCCl. The van der Waals surface area contributed by atoms with Gasteiger partial charge in [-0.3, -0.25) is 4.79 Å². The van der Waals surface area contributed by atoms with Gasteiger partial charge < -0.3 is 0 Å². The van der Waals surface area contributed by atoms with Gasteiger partial charge in [0.15, 0.2) is 0 Å². The standard InChI is InChI=1S/C14H20ClN3O/c15-10-4-9-14-13(8-5-11-19)16-17-18(14)12-6-2-1-3-7-12/h5,8,11-12H,1-4,6-7,9-10H2/b8-5+. The van der Waals surface area contributed by atoms with Crippen LogP contribution in [0.1, 0.15) is 56.0 Å². The lowest BCUT2D eigenvalue weighted by Gasteiger charge is -2.23. The van der Waals surface area contributed by atoms with Gasteiger partial charge >= 0.3 is 0 Å². The van der Waals surface area contributed by atoms with E-state index in [1.165, 1.54) is 38.2 Å². The van der Waals surface area contributed by atoms with Crippen LogP contribution in [-0.4, -0.2) is 27.2 Å². The fourth-order valence-electron chi connectivity index (χ4n) is 2.68. The molecule has 104 valence electrons. The van der Waals surface area contributed by atoms with E-state index in [-0.39, 0.29) is 0 Å². The maximum atomic E-state index is 10.4. The number of hydrogen-bond donors (Lipinski definition) is 0. The maximum Gasteiger partial charge on any atom is 0.142 e. The third-order valence-electron chi connectivity index (χ3n) is 3.62. The highest BCUT2D eigenvalue weighted by molar-refractivity contribution is 6.17. The average Bonchev–Trinajstić information content (AvgIpc) is 2.86. The quantitative estimate of drug-likeness (QED) is 0.457. The van der Waals surface area contributed by atoms with Crippen LogP contribution in [0.5, 0.6) is 0 Å². The van der Waals surface area contributed by atoms with Gasteiger partial charge in [-0.15, -0.1) is 16.7 Å². The minimum absolute atomic E-state index is 0.463. The molecule has 1 saturated carbocycles. The molecule has 1 aliphatic carbocycles. The maximum absolute atomic E-state index is 10.4. The van der Waals surface area contributed by atoms with Gasteiger partial charge in [-0.2, -0.15) is 0 Å². The summed E-state index contributed by atoms with van der Waals surface area (Å²) >= 11 is 5.79. The largest absolute Gasteiger partial charge is 0.299 e. The Morgan fingerprint density at radius 3 is 2.79 bits per heavy atom. The summed E-state index contributed by atoms with van der Waals surface area (Å²) in [6.07, 6.45) is 11.9. The fourth-order valence-corrected chi connectivity index (χ4v) is 2.81. The molecular weight excluding hydrogens is 262 g/mol. The lowest BCUT2D eigenvalue weighted by Crippen LogP contribution is -2.17. The van der Waals surface area contributed by atoms with E-state index in [2.05, 4.69) is 15.0 Å². The second-order valence-corrected chi connectivity index (χ2v) is 5.32. The highest BCUT2D eigenvalue weighted by Crippen LogP contribution is 2.29. The van der Waals surface area contributed by atoms with Gasteiger partial charge in [0.2, 0.25) is 0 Å². The molecule has 0 unspecified atom stereocenters. The van der Waals surface area contributed by atoms with Crippen molar-refractivity contribution in [3.63, 3.8) is 0 Å². The third kappa shape index (κ3) is 3.66. The van der Waals surface area contributed by atoms with Crippen LogP contribution in [0.25, 0.3) is 6.08 Å². The molecule has 1 aromatic rings. The number of carbonyl (C=O) groups is 1. The van der Waals surface area contributed by atoms with Gasteiger partial charge in [0, 0.05) is 5.88 Å². The number of aromatic nitrogens is 3. The van der Waals surface area contributed by atoms with Crippen molar-refractivity contribution in [1.82, 2.24) is 15.0 Å². The van der Waals surface area contributed by atoms with Crippen LogP contribution >= 0.6 is 11.6 Å². The Labute approximate surface area is 118 Å². The smallest absolute Gasteiger partial charge is 0.142 e. The number of carbonyl (C=O) groups excluding carboxylic acids is 1. The number of rotatable bonds is 6. The number of hydrogen-bond acceptors (Lipinski definition) is 3. The van der Waals surface area contributed by atoms with Crippen LogP contribution in [-0.2, 0) is 11.2 Å². The van der Waals surface area contributed by atoms with E-state index in [1.54, 1.807) is 6.08 Å². The van der Waals surface area contributed by atoms with Crippen molar-refractivity contribution >= 4 is 24.0 Å². The molecule has 0 radical (unpaired) electrons. The zero-order chi connectivity index (χ0) is 13.5. The zero-order valence-corrected chi connectivity index (χ0v) is 11.9. The molecule has 1 heterocycles. The molecule has 1 aromatic heterocycles. The molecule has 2 rings (SSSR count).